The lowest BCUT2D eigenvalue weighted by Crippen LogP contribution is -2.13. The Morgan fingerprint density at radius 2 is 1.95 bits per heavy atom. The molecule has 2 rings (SSSR count). The average molecular weight is 293 g/mol. The molecule has 0 bridgehead atoms. The molecule has 3 heteroatoms. The van der Waals surface area contributed by atoms with Crippen LogP contribution in [0.15, 0.2) is 53.4 Å². The SMILES string of the molecule is Cc1ccccc1SCC(O)Cc1cccc(Cl)c1. The lowest BCUT2D eigenvalue weighted by Gasteiger charge is -2.11. The quantitative estimate of drug-likeness (QED) is 0.827. The number of hydrogen-bond donors (Lipinski definition) is 1. The lowest BCUT2D eigenvalue weighted by molar-refractivity contribution is 0.200. The molecular weight excluding hydrogens is 276 g/mol. The van der Waals surface area contributed by atoms with Gasteiger partial charge in [-0.25, -0.2) is 0 Å². The van der Waals surface area contributed by atoms with Crippen molar-refractivity contribution in [1.82, 2.24) is 0 Å². The third-order valence-corrected chi connectivity index (χ3v) is 4.44. The van der Waals surface area contributed by atoms with Crippen LogP contribution in [-0.4, -0.2) is 17.0 Å². The smallest absolute Gasteiger partial charge is 0.0674 e. The van der Waals surface area contributed by atoms with Crippen molar-refractivity contribution in [3.05, 3.63) is 64.7 Å². The molecule has 0 spiro atoms. The highest BCUT2D eigenvalue weighted by molar-refractivity contribution is 7.99. The summed E-state index contributed by atoms with van der Waals surface area (Å²) in [6.07, 6.45) is 0.280. The van der Waals surface area contributed by atoms with E-state index in [0.717, 1.165) is 10.6 Å². The van der Waals surface area contributed by atoms with Gasteiger partial charge in [-0.1, -0.05) is 41.9 Å². The highest BCUT2D eigenvalue weighted by Crippen LogP contribution is 2.23. The largest absolute Gasteiger partial charge is 0.392 e. The van der Waals surface area contributed by atoms with E-state index in [1.807, 2.05) is 36.4 Å². The van der Waals surface area contributed by atoms with E-state index in [4.69, 9.17) is 11.6 Å². The average Bonchev–Trinajstić information content (AvgIpc) is 2.38. The second-order valence-electron chi connectivity index (χ2n) is 4.56. The van der Waals surface area contributed by atoms with E-state index in [0.29, 0.717) is 12.2 Å². The highest BCUT2D eigenvalue weighted by Gasteiger charge is 2.08. The number of rotatable bonds is 5. The molecule has 2 aromatic rings. The number of thioether (sulfide) groups is 1. The normalized spacial score (nSPS) is 12.4. The summed E-state index contributed by atoms with van der Waals surface area (Å²) in [5.41, 5.74) is 2.33. The summed E-state index contributed by atoms with van der Waals surface area (Å²) in [6, 6.07) is 15.9. The molecule has 0 fully saturated rings. The van der Waals surface area contributed by atoms with Gasteiger partial charge in [0.1, 0.15) is 0 Å². The van der Waals surface area contributed by atoms with Crippen LogP contribution in [0.4, 0.5) is 0 Å². The van der Waals surface area contributed by atoms with Crippen LogP contribution >= 0.6 is 23.4 Å². The van der Waals surface area contributed by atoms with Crippen LogP contribution < -0.4 is 0 Å². The van der Waals surface area contributed by atoms with Crippen molar-refractivity contribution >= 4 is 23.4 Å². The maximum absolute atomic E-state index is 10.1. The van der Waals surface area contributed by atoms with Crippen molar-refractivity contribution in [2.24, 2.45) is 0 Å². The van der Waals surface area contributed by atoms with Gasteiger partial charge in [-0.3, -0.25) is 0 Å². The first kappa shape index (κ1) is 14.4. The number of aryl methyl sites for hydroxylation is 1. The summed E-state index contributed by atoms with van der Waals surface area (Å²) >= 11 is 7.63. The second kappa shape index (κ2) is 6.99. The Hall–Kier alpha value is -0.960. The van der Waals surface area contributed by atoms with Crippen molar-refractivity contribution in [3.8, 4) is 0 Å². The number of halogens is 1. The lowest BCUT2D eigenvalue weighted by atomic mass is 10.1. The minimum atomic E-state index is -0.358. The maximum Gasteiger partial charge on any atom is 0.0674 e. The van der Waals surface area contributed by atoms with Gasteiger partial charge in [0.2, 0.25) is 0 Å². The Bertz CT molecular complexity index is 542. The third kappa shape index (κ3) is 4.57. The number of aliphatic hydroxyl groups excluding tert-OH is 1. The Morgan fingerprint density at radius 1 is 1.16 bits per heavy atom. The van der Waals surface area contributed by atoms with Crippen molar-refractivity contribution in [2.75, 3.05) is 5.75 Å². The van der Waals surface area contributed by atoms with Gasteiger partial charge in [0.15, 0.2) is 0 Å². The first-order valence-electron chi connectivity index (χ1n) is 6.26. The first-order chi connectivity index (χ1) is 9.15. The van der Waals surface area contributed by atoms with Crippen LogP contribution in [0.2, 0.25) is 5.02 Å². The van der Waals surface area contributed by atoms with Gasteiger partial charge in [0.25, 0.3) is 0 Å². The number of hydrogen-bond acceptors (Lipinski definition) is 2. The topological polar surface area (TPSA) is 20.2 Å². The zero-order valence-corrected chi connectivity index (χ0v) is 12.4. The second-order valence-corrected chi connectivity index (χ2v) is 6.06. The minimum absolute atomic E-state index is 0.358. The van der Waals surface area contributed by atoms with Crippen LogP contribution in [-0.2, 0) is 6.42 Å². The van der Waals surface area contributed by atoms with Crippen molar-refractivity contribution in [3.63, 3.8) is 0 Å². The first-order valence-corrected chi connectivity index (χ1v) is 7.62. The molecule has 0 aliphatic heterocycles. The van der Waals surface area contributed by atoms with E-state index < -0.39 is 0 Å². The molecule has 0 saturated heterocycles. The molecule has 0 radical (unpaired) electrons. The van der Waals surface area contributed by atoms with Gasteiger partial charge in [0, 0.05) is 15.7 Å². The van der Waals surface area contributed by atoms with Crippen LogP contribution in [0.1, 0.15) is 11.1 Å². The van der Waals surface area contributed by atoms with Crippen LogP contribution in [0.5, 0.6) is 0 Å². The monoisotopic (exact) mass is 292 g/mol. The predicted molar refractivity (Wildman–Crippen MR) is 83.1 cm³/mol. The summed E-state index contributed by atoms with van der Waals surface area (Å²) in [5, 5.41) is 10.8. The molecule has 0 aromatic heterocycles. The van der Waals surface area contributed by atoms with Gasteiger partial charge in [-0.15, -0.1) is 11.8 Å². The van der Waals surface area contributed by atoms with Gasteiger partial charge < -0.3 is 5.11 Å². The highest BCUT2D eigenvalue weighted by atomic mass is 35.5. The van der Waals surface area contributed by atoms with E-state index in [9.17, 15) is 5.11 Å². The zero-order valence-electron chi connectivity index (χ0n) is 10.8. The van der Waals surface area contributed by atoms with Crippen molar-refractivity contribution < 1.29 is 5.11 Å². The Balaban J connectivity index is 1.88. The summed E-state index contributed by atoms with van der Waals surface area (Å²) in [6.45, 7) is 2.09. The van der Waals surface area contributed by atoms with E-state index in [1.54, 1.807) is 11.8 Å². The molecule has 0 amide bonds. The standard InChI is InChI=1S/C16H17ClOS/c1-12-5-2-3-8-16(12)19-11-15(18)10-13-6-4-7-14(17)9-13/h2-9,15,18H,10-11H2,1H3. The summed E-state index contributed by atoms with van der Waals surface area (Å²) in [7, 11) is 0. The molecule has 0 saturated carbocycles. The number of benzene rings is 2. The Morgan fingerprint density at radius 3 is 2.68 bits per heavy atom. The molecular formula is C16H17ClOS. The van der Waals surface area contributed by atoms with Gasteiger partial charge in [0.05, 0.1) is 6.10 Å². The van der Waals surface area contributed by atoms with E-state index >= 15 is 0 Å². The van der Waals surface area contributed by atoms with Crippen molar-refractivity contribution in [2.45, 2.75) is 24.3 Å². The molecule has 1 unspecified atom stereocenters. The molecule has 2 aromatic carbocycles. The van der Waals surface area contributed by atoms with Gasteiger partial charge in [-0.2, -0.15) is 0 Å². The predicted octanol–water partition coefficient (Wildman–Crippen LogP) is 4.34. The molecule has 0 aliphatic rings. The van der Waals surface area contributed by atoms with Crippen molar-refractivity contribution in [1.29, 1.82) is 0 Å². The summed E-state index contributed by atoms with van der Waals surface area (Å²) in [5.74, 6) is 0.692. The maximum atomic E-state index is 10.1. The fourth-order valence-electron chi connectivity index (χ4n) is 1.90. The fraction of sp³-hybridized carbons (Fsp3) is 0.250. The Labute approximate surface area is 123 Å². The van der Waals surface area contributed by atoms with Gasteiger partial charge >= 0.3 is 0 Å². The third-order valence-electron chi connectivity index (χ3n) is 2.89. The Kier molecular flexibility index (Phi) is 5.32. The van der Waals surface area contributed by atoms with E-state index in [2.05, 4.69) is 19.1 Å². The molecule has 1 nitrogen and oxygen atoms in total. The van der Waals surface area contributed by atoms with Crippen LogP contribution in [0.3, 0.4) is 0 Å². The summed E-state index contributed by atoms with van der Waals surface area (Å²) < 4.78 is 0. The molecule has 100 valence electrons. The molecule has 1 N–H and O–H groups in total. The molecule has 0 heterocycles. The fourth-order valence-corrected chi connectivity index (χ4v) is 3.07. The van der Waals surface area contributed by atoms with Crippen LogP contribution in [0.25, 0.3) is 0 Å². The summed E-state index contributed by atoms with van der Waals surface area (Å²) in [4.78, 5) is 1.23. The van der Waals surface area contributed by atoms with Gasteiger partial charge in [-0.05, 0) is 42.7 Å². The minimum Gasteiger partial charge on any atom is -0.392 e. The molecule has 1 atom stereocenters. The molecule has 19 heavy (non-hydrogen) atoms. The van der Waals surface area contributed by atoms with E-state index in [-0.39, 0.29) is 6.10 Å². The zero-order chi connectivity index (χ0) is 13.7. The number of aliphatic hydroxyl groups is 1. The van der Waals surface area contributed by atoms with Crippen LogP contribution in [0, 0.1) is 6.92 Å². The van der Waals surface area contributed by atoms with E-state index in [1.165, 1.54) is 10.5 Å². The molecule has 0 aliphatic carbocycles.